The number of hydrogen-bond donors (Lipinski definition) is 1. The predicted octanol–water partition coefficient (Wildman–Crippen LogP) is 3.98. The monoisotopic (exact) mass is 281 g/mol. The van der Waals surface area contributed by atoms with Crippen molar-refractivity contribution in [3.63, 3.8) is 0 Å². The molecule has 0 bridgehead atoms. The van der Waals surface area contributed by atoms with Gasteiger partial charge >= 0.3 is 0 Å². The Morgan fingerprint density at radius 2 is 2.11 bits per heavy atom. The lowest BCUT2D eigenvalue weighted by Crippen LogP contribution is -2.06. The van der Waals surface area contributed by atoms with E-state index in [2.05, 4.69) is 33.7 Å². The van der Waals surface area contributed by atoms with Crippen molar-refractivity contribution < 1.29 is 0 Å². The molecule has 3 nitrogen and oxygen atoms in total. The maximum absolute atomic E-state index is 6.10. The quantitative estimate of drug-likeness (QED) is 0.862. The van der Waals surface area contributed by atoms with E-state index in [9.17, 15) is 0 Å². The van der Waals surface area contributed by atoms with Gasteiger partial charge in [0, 0.05) is 16.9 Å². The van der Waals surface area contributed by atoms with Gasteiger partial charge in [0.25, 0.3) is 0 Å². The Balaban J connectivity index is 2.18. The van der Waals surface area contributed by atoms with Crippen molar-refractivity contribution in [1.29, 1.82) is 0 Å². The number of nitrogens with one attached hydrogen (secondary N) is 1. The molecule has 0 spiro atoms. The largest absolute Gasteiger partial charge is 0.365 e. The molecule has 0 aliphatic carbocycles. The molecule has 1 N–H and O–H groups in total. The predicted molar refractivity (Wildman–Crippen MR) is 77.5 cm³/mol. The third-order valence-corrected chi connectivity index (χ3v) is 4.22. The minimum absolute atomic E-state index is 0.534. The van der Waals surface area contributed by atoms with Gasteiger partial charge in [-0.2, -0.15) is 0 Å². The Kier molecular flexibility index (Phi) is 4.19. The van der Waals surface area contributed by atoms with E-state index in [0.717, 1.165) is 30.2 Å². The summed E-state index contributed by atoms with van der Waals surface area (Å²) in [5.74, 6) is 1.61. The zero-order valence-electron chi connectivity index (χ0n) is 10.7. The van der Waals surface area contributed by atoms with E-state index >= 15 is 0 Å². The summed E-state index contributed by atoms with van der Waals surface area (Å²) in [6.07, 6.45) is 0.784. The van der Waals surface area contributed by atoms with E-state index in [4.69, 9.17) is 11.6 Å². The second-order valence-electron chi connectivity index (χ2n) is 4.14. The highest BCUT2D eigenvalue weighted by molar-refractivity contribution is 7.10. The molecular formula is C13H16ClN3S. The van der Waals surface area contributed by atoms with Crippen LogP contribution in [0.15, 0.2) is 11.4 Å². The summed E-state index contributed by atoms with van der Waals surface area (Å²) in [6.45, 7) is 6.85. The first-order valence-corrected chi connectivity index (χ1v) is 7.17. The number of thiophene rings is 1. The normalized spacial score (nSPS) is 10.7. The molecule has 96 valence electrons. The molecule has 0 radical (unpaired) electrons. The van der Waals surface area contributed by atoms with E-state index in [0.29, 0.717) is 5.15 Å². The molecule has 18 heavy (non-hydrogen) atoms. The van der Waals surface area contributed by atoms with Crippen LogP contribution in [0.2, 0.25) is 5.15 Å². The lowest BCUT2D eigenvalue weighted by molar-refractivity contribution is 0.923. The first-order chi connectivity index (χ1) is 8.61. The standard InChI is InChI=1S/C13H16ClN3S/c1-4-11-16-12(14)9(3)13(17-11)15-7-10-8(2)5-6-18-10/h5-6H,4,7H2,1-3H3,(H,15,16,17). The van der Waals surface area contributed by atoms with Crippen molar-refractivity contribution in [3.05, 3.63) is 38.4 Å². The van der Waals surface area contributed by atoms with Gasteiger partial charge in [0.2, 0.25) is 0 Å². The minimum atomic E-state index is 0.534. The first kappa shape index (κ1) is 13.3. The van der Waals surface area contributed by atoms with Gasteiger partial charge in [0.05, 0.1) is 6.54 Å². The summed E-state index contributed by atoms with van der Waals surface area (Å²) in [5.41, 5.74) is 2.21. The molecule has 0 saturated heterocycles. The molecular weight excluding hydrogens is 266 g/mol. The van der Waals surface area contributed by atoms with Crippen LogP contribution < -0.4 is 5.32 Å². The van der Waals surface area contributed by atoms with Gasteiger partial charge in [-0.05, 0) is 30.9 Å². The van der Waals surface area contributed by atoms with Crippen molar-refractivity contribution in [2.75, 3.05) is 5.32 Å². The number of nitrogens with zero attached hydrogens (tertiary/aromatic N) is 2. The summed E-state index contributed by atoms with van der Waals surface area (Å²) in [5, 5.41) is 5.98. The molecule has 2 aromatic heterocycles. The van der Waals surface area contributed by atoms with Crippen molar-refractivity contribution in [2.45, 2.75) is 33.7 Å². The number of rotatable bonds is 4. The Hall–Kier alpha value is -1.13. The van der Waals surface area contributed by atoms with E-state index in [1.807, 2.05) is 13.8 Å². The second kappa shape index (κ2) is 5.67. The van der Waals surface area contributed by atoms with Crippen molar-refractivity contribution in [1.82, 2.24) is 9.97 Å². The number of aryl methyl sites for hydroxylation is 2. The zero-order chi connectivity index (χ0) is 13.1. The Morgan fingerprint density at radius 3 is 2.72 bits per heavy atom. The molecule has 0 aliphatic heterocycles. The van der Waals surface area contributed by atoms with Gasteiger partial charge < -0.3 is 5.32 Å². The molecule has 0 atom stereocenters. The van der Waals surface area contributed by atoms with Crippen LogP contribution in [0.1, 0.15) is 28.8 Å². The van der Waals surface area contributed by atoms with Gasteiger partial charge in [-0.15, -0.1) is 11.3 Å². The third-order valence-electron chi connectivity index (χ3n) is 2.83. The van der Waals surface area contributed by atoms with Gasteiger partial charge in [-0.3, -0.25) is 0 Å². The van der Waals surface area contributed by atoms with Crippen LogP contribution in [0.25, 0.3) is 0 Å². The molecule has 0 amide bonds. The fourth-order valence-electron chi connectivity index (χ4n) is 1.61. The van der Waals surface area contributed by atoms with Gasteiger partial charge in [-0.25, -0.2) is 9.97 Å². The SMILES string of the molecule is CCc1nc(Cl)c(C)c(NCc2sccc2C)n1. The van der Waals surface area contributed by atoms with Crippen molar-refractivity contribution >= 4 is 28.8 Å². The van der Waals surface area contributed by atoms with Crippen LogP contribution in [-0.2, 0) is 13.0 Å². The molecule has 0 fully saturated rings. The van der Waals surface area contributed by atoms with E-state index in [1.54, 1.807) is 11.3 Å². The topological polar surface area (TPSA) is 37.8 Å². The fourth-order valence-corrected chi connectivity index (χ4v) is 2.65. The minimum Gasteiger partial charge on any atom is -0.365 e. The van der Waals surface area contributed by atoms with E-state index in [1.165, 1.54) is 10.4 Å². The van der Waals surface area contributed by atoms with Gasteiger partial charge in [0.15, 0.2) is 0 Å². The molecule has 0 aromatic carbocycles. The van der Waals surface area contributed by atoms with Crippen LogP contribution in [0.5, 0.6) is 0 Å². The molecule has 2 rings (SSSR count). The van der Waals surface area contributed by atoms with Crippen LogP contribution in [0.4, 0.5) is 5.82 Å². The highest BCUT2D eigenvalue weighted by Gasteiger charge is 2.09. The maximum Gasteiger partial charge on any atom is 0.137 e. The summed E-state index contributed by atoms with van der Waals surface area (Å²) < 4.78 is 0. The third kappa shape index (κ3) is 2.82. The van der Waals surface area contributed by atoms with Crippen LogP contribution in [0, 0.1) is 13.8 Å². The summed E-state index contributed by atoms with van der Waals surface area (Å²) in [6, 6.07) is 2.12. The number of anilines is 1. The zero-order valence-corrected chi connectivity index (χ0v) is 12.3. The van der Waals surface area contributed by atoms with E-state index < -0.39 is 0 Å². The smallest absolute Gasteiger partial charge is 0.137 e. The van der Waals surface area contributed by atoms with Gasteiger partial charge in [-0.1, -0.05) is 18.5 Å². The van der Waals surface area contributed by atoms with Crippen LogP contribution in [-0.4, -0.2) is 9.97 Å². The summed E-state index contributed by atoms with van der Waals surface area (Å²) in [7, 11) is 0. The Labute approximate surface area is 116 Å². The molecule has 2 aromatic rings. The summed E-state index contributed by atoms with van der Waals surface area (Å²) in [4.78, 5) is 10.0. The molecule has 0 saturated carbocycles. The molecule has 0 unspecified atom stereocenters. The average molecular weight is 282 g/mol. The second-order valence-corrected chi connectivity index (χ2v) is 5.50. The fraction of sp³-hybridized carbons (Fsp3) is 0.385. The summed E-state index contributed by atoms with van der Waals surface area (Å²) >= 11 is 7.85. The molecule has 2 heterocycles. The van der Waals surface area contributed by atoms with Crippen molar-refractivity contribution in [2.24, 2.45) is 0 Å². The first-order valence-electron chi connectivity index (χ1n) is 5.91. The van der Waals surface area contributed by atoms with E-state index in [-0.39, 0.29) is 0 Å². The lowest BCUT2D eigenvalue weighted by Gasteiger charge is -2.10. The lowest BCUT2D eigenvalue weighted by atomic mass is 10.3. The van der Waals surface area contributed by atoms with Crippen LogP contribution >= 0.6 is 22.9 Å². The Morgan fingerprint density at radius 1 is 1.33 bits per heavy atom. The highest BCUT2D eigenvalue weighted by Crippen LogP contribution is 2.22. The van der Waals surface area contributed by atoms with Gasteiger partial charge in [0.1, 0.15) is 16.8 Å². The number of aromatic nitrogens is 2. The van der Waals surface area contributed by atoms with Crippen molar-refractivity contribution in [3.8, 4) is 0 Å². The molecule has 0 aliphatic rings. The molecule has 5 heteroatoms. The average Bonchev–Trinajstić information content (AvgIpc) is 2.76. The highest BCUT2D eigenvalue weighted by atomic mass is 35.5. The maximum atomic E-state index is 6.10. The number of halogens is 1. The van der Waals surface area contributed by atoms with Crippen LogP contribution in [0.3, 0.4) is 0 Å². The Bertz CT molecular complexity index is 551. The number of hydrogen-bond acceptors (Lipinski definition) is 4.